The number of rotatable bonds is 4. The number of nitrogens with zero attached hydrogens (tertiary/aromatic N) is 3. The van der Waals surface area contributed by atoms with Gasteiger partial charge in [0.05, 0.1) is 5.75 Å². The number of nitrogens with one attached hydrogen (secondary N) is 1. The van der Waals surface area contributed by atoms with Crippen LogP contribution in [0, 0.1) is 0 Å². The lowest BCUT2D eigenvalue weighted by molar-refractivity contribution is -0.110. The minimum atomic E-state index is -3.57. The summed E-state index contributed by atoms with van der Waals surface area (Å²) < 4.78 is 27.3. The summed E-state index contributed by atoms with van der Waals surface area (Å²) in [6.07, 6.45) is 4.04. The molecule has 0 aliphatic carbocycles. The minimum absolute atomic E-state index is 0.00438. The van der Waals surface area contributed by atoms with E-state index in [0.717, 1.165) is 12.0 Å². The molecule has 1 aromatic rings. The zero-order chi connectivity index (χ0) is 18.0. The number of para-hydroxylation sites is 1. The summed E-state index contributed by atoms with van der Waals surface area (Å²) in [6, 6.07) is 7.58. The average molecular weight is 360 g/mol. The van der Waals surface area contributed by atoms with E-state index in [2.05, 4.69) is 28.6 Å². The van der Waals surface area contributed by atoms with Crippen LogP contribution in [0.3, 0.4) is 0 Å². The number of sulfonamides is 1. The van der Waals surface area contributed by atoms with Gasteiger partial charge in [-0.15, -0.1) is 4.40 Å². The molecule has 1 atom stereocenters. The van der Waals surface area contributed by atoms with E-state index >= 15 is 0 Å². The Kier molecular flexibility index (Phi) is 4.71. The van der Waals surface area contributed by atoms with Crippen molar-refractivity contribution in [3.8, 4) is 0 Å². The Morgan fingerprint density at radius 1 is 1.36 bits per heavy atom. The third-order valence-electron chi connectivity index (χ3n) is 4.32. The predicted octanol–water partition coefficient (Wildman–Crippen LogP) is 2.11. The number of carbonyl (C=O) groups excluding carboxylic acids is 1. The van der Waals surface area contributed by atoms with Gasteiger partial charge >= 0.3 is 0 Å². The Labute approximate surface area is 147 Å². The molecule has 0 spiro atoms. The standard InChI is InChI=1S/C17H20N4O3S/c1-3-12(2)13-6-4-5-7-14(13)19-17(22)15-16-20-25(23,24)11-10-21(16)9-8-18-15/h4-9,12H,3,10-11H2,1-2H3,(H,19,22)/t12-/m1/s1. The number of aliphatic imine (C=N–C) groups is 1. The molecule has 2 aliphatic rings. The zero-order valence-electron chi connectivity index (χ0n) is 14.1. The molecule has 1 aromatic carbocycles. The molecule has 0 saturated heterocycles. The van der Waals surface area contributed by atoms with Crippen LogP contribution in [-0.2, 0) is 14.8 Å². The summed E-state index contributed by atoms with van der Waals surface area (Å²) in [4.78, 5) is 18.4. The number of amidine groups is 1. The Morgan fingerprint density at radius 2 is 2.12 bits per heavy atom. The van der Waals surface area contributed by atoms with Crippen LogP contribution in [0.2, 0.25) is 0 Å². The summed E-state index contributed by atoms with van der Waals surface area (Å²) in [5.41, 5.74) is 1.73. The number of hydrogen-bond acceptors (Lipinski definition) is 5. The summed E-state index contributed by atoms with van der Waals surface area (Å²) in [6.45, 7) is 4.43. The lowest BCUT2D eigenvalue weighted by Crippen LogP contribution is -2.46. The van der Waals surface area contributed by atoms with Crippen molar-refractivity contribution in [2.75, 3.05) is 17.6 Å². The van der Waals surface area contributed by atoms with Crippen molar-refractivity contribution in [1.82, 2.24) is 4.90 Å². The van der Waals surface area contributed by atoms with Gasteiger partial charge in [-0.05, 0) is 24.0 Å². The SMILES string of the molecule is CC[C@@H](C)c1ccccc1NC(=O)C1=NC=CN2CCS(=O)(=O)N=C12. The van der Waals surface area contributed by atoms with Crippen LogP contribution >= 0.6 is 0 Å². The van der Waals surface area contributed by atoms with Gasteiger partial charge in [0.15, 0.2) is 11.5 Å². The Balaban J connectivity index is 1.91. The largest absolute Gasteiger partial charge is 0.328 e. The van der Waals surface area contributed by atoms with Gasteiger partial charge in [0.2, 0.25) is 0 Å². The molecule has 1 N–H and O–H groups in total. The van der Waals surface area contributed by atoms with Gasteiger partial charge in [-0.3, -0.25) is 4.79 Å². The Morgan fingerprint density at radius 3 is 2.88 bits per heavy atom. The maximum Gasteiger partial charge on any atom is 0.278 e. The van der Waals surface area contributed by atoms with Gasteiger partial charge in [-0.1, -0.05) is 32.0 Å². The van der Waals surface area contributed by atoms with Crippen LogP contribution in [0.15, 0.2) is 46.1 Å². The van der Waals surface area contributed by atoms with E-state index in [9.17, 15) is 13.2 Å². The second kappa shape index (κ2) is 6.79. The second-order valence-electron chi connectivity index (χ2n) is 6.02. The smallest absolute Gasteiger partial charge is 0.278 e. The van der Waals surface area contributed by atoms with Gasteiger partial charge in [0, 0.05) is 24.6 Å². The first-order valence-corrected chi connectivity index (χ1v) is 9.76. The Hall–Kier alpha value is -2.48. The number of amides is 1. The van der Waals surface area contributed by atoms with Crippen molar-refractivity contribution in [3.63, 3.8) is 0 Å². The first-order valence-electron chi connectivity index (χ1n) is 8.15. The number of anilines is 1. The van der Waals surface area contributed by atoms with Crippen LogP contribution in [0.25, 0.3) is 0 Å². The molecular weight excluding hydrogens is 340 g/mol. The third kappa shape index (κ3) is 3.63. The molecule has 8 heteroatoms. The monoisotopic (exact) mass is 360 g/mol. The summed E-state index contributed by atoms with van der Waals surface area (Å²) >= 11 is 0. The van der Waals surface area contributed by atoms with Gasteiger partial charge in [-0.2, -0.15) is 0 Å². The molecule has 0 radical (unpaired) electrons. The van der Waals surface area contributed by atoms with E-state index in [0.29, 0.717) is 5.69 Å². The minimum Gasteiger partial charge on any atom is -0.328 e. The van der Waals surface area contributed by atoms with Crippen molar-refractivity contribution in [1.29, 1.82) is 0 Å². The maximum absolute atomic E-state index is 12.7. The summed E-state index contributed by atoms with van der Waals surface area (Å²) in [5.74, 6) is -0.186. The molecule has 0 bridgehead atoms. The highest BCUT2D eigenvalue weighted by Crippen LogP contribution is 2.26. The molecule has 25 heavy (non-hydrogen) atoms. The molecule has 0 fully saturated rings. The molecule has 7 nitrogen and oxygen atoms in total. The van der Waals surface area contributed by atoms with Crippen LogP contribution in [-0.4, -0.2) is 43.1 Å². The van der Waals surface area contributed by atoms with E-state index in [4.69, 9.17) is 0 Å². The topological polar surface area (TPSA) is 91.2 Å². The third-order valence-corrected chi connectivity index (χ3v) is 5.47. The maximum atomic E-state index is 12.7. The van der Waals surface area contributed by atoms with Crippen LogP contribution in [0.1, 0.15) is 31.7 Å². The van der Waals surface area contributed by atoms with Gasteiger partial charge in [-0.25, -0.2) is 13.4 Å². The zero-order valence-corrected chi connectivity index (χ0v) is 15.0. The molecular formula is C17H20N4O3S. The van der Waals surface area contributed by atoms with Gasteiger partial charge < -0.3 is 10.2 Å². The molecule has 1 amide bonds. The van der Waals surface area contributed by atoms with Crippen LogP contribution in [0.5, 0.6) is 0 Å². The summed E-state index contributed by atoms with van der Waals surface area (Å²) in [5, 5.41) is 2.85. The quantitative estimate of drug-likeness (QED) is 0.890. The molecule has 0 saturated carbocycles. The van der Waals surface area contributed by atoms with Crippen LogP contribution in [0.4, 0.5) is 5.69 Å². The molecule has 132 valence electrons. The first-order chi connectivity index (χ1) is 11.9. The Bertz CT molecular complexity index is 887. The van der Waals surface area contributed by atoms with E-state index in [1.54, 1.807) is 11.1 Å². The lowest BCUT2D eigenvalue weighted by atomic mass is 9.97. The number of fused-ring (bicyclic) bond motifs is 1. The highest BCUT2D eigenvalue weighted by Gasteiger charge is 2.31. The average Bonchev–Trinajstić information content (AvgIpc) is 2.60. The molecule has 3 rings (SSSR count). The fourth-order valence-electron chi connectivity index (χ4n) is 2.72. The lowest BCUT2D eigenvalue weighted by Gasteiger charge is -2.27. The molecule has 2 heterocycles. The second-order valence-corrected chi connectivity index (χ2v) is 7.78. The van der Waals surface area contributed by atoms with Crippen molar-refractivity contribution < 1.29 is 13.2 Å². The highest BCUT2D eigenvalue weighted by molar-refractivity contribution is 7.90. The van der Waals surface area contributed by atoms with E-state index in [1.807, 2.05) is 24.3 Å². The van der Waals surface area contributed by atoms with Gasteiger partial charge in [0.1, 0.15) is 0 Å². The van der Waals surface area contributed by atoms with Crippen molar-refractivity contribution in [2.45, 2.75) is 26.2 Å². The van der Waals surface area contributed by atoms with Crippen LogP contribution < -0.4 is 5.32 Å². The van der Waals surface area contributed by atoms with E-state index in [1.165, 1.54) is 6.20 Å². The number of carbonyl (C=O) groups is 1. The highest BCUT2D eigenvalue weighted by atomic mass is 32.2. The van der Waals surface area contributed by atoms with Gasteiger partial charge in [0.25, 0.3) is 15.9 Å². The summed E-state index contributed by atoms with van der Waals surface area (Å²) in [7, 11) is -3.57. The normalized spacial score (nSPS) is 19.5. The van der Waals surface area contributed by atoms with E-state index in [-0.39, 0.29) is 29.8 Å². The van der Waals surface area contributed by atoms with Crippen molar-refractivity contribution >= 4 is 33.2 Å². The molecule has 0 unspecified atom stereocenters. The number of benzene rings is 1. The van der Waals surface area contributed by atoms with E-state index < -0.39 is 15.9 Å². The fraction of sp³-hybridized carbons (Fsp3) is 0.353. The molecule has 0 aromatic heterocycles. The fourth-order valence-corrected chi connectivity index (χ4v) is 3.70. The predicted molar refractivity (Wildman–Crippen MR) is 98.3 cm³/mol. The number of hydrogen-bond donors (Lipinski definition) is 1. The first kappa shape index (κ1) is 17.3. The molecule has 2 aliphatic heterocycles. The van der Waals surface area contributed by atoms with Crippen molar-refractivity contribution in [3.05, 3.63) is 42.2 Å². The van der Waals surface area contributed by atoms with Crippen molar-refractivity contribution in [2.24, 2.45) is 9.39 Å².